The fourth-order valence-electron chi connectivity index (χ4n) is 3.26. The van der Waals surface area contributed by atoms with Gasteiger partial charge in [-0.15, -0.1) is 0 Å². The van der Waals surface area contributed by atoms with E-state index >= 15 is 0 Å². The van der Waals surface area contributed by atoms with Crippen molar-refractivity contribution in [3.63, 3.8) is 0 Å². The number of hydrogen-bond acceptors (Lipinski definition) is 3. The van der Waals surface area contributed by atoms with E-state index in [2.05, 4.69) is 28.1 Å². The Labute approximate surface area is 165 Å². The molecule has 0 atom stereocenters. The molecule has 27 heavy (non-hydrogen) atoms. The SMILES string of the molecule is CN=C(C1=CC(Cl)=C(C)N(C)C1)c1ccccc1Cc1ccc(C#N)cc1. The summed E-state index contributed by atoms with van der Waals surface area (Å²) in [5.74, 6) is 0. The zero-order valence-electron chi connectivity index (χ0n) is 15.8. The Kier molecular flexibility index (Phi) is 5.78. The largest absolute Gasteiger partial charge is 0.373 e. The fourth-order valence-corrected chi connectivity index (χ4v) is 3.54. The van der Waals surface area contributed by atoms with E-state index in [0.717, 1.165) is 40.5 Å². The van der Waals surface area contributed by atoms with Crippen LogP contribution >= 0.6 is 11.6 Å². The number of nitriles is 1. The Morgan fingerprint density at radius 1 is 1.19 bits per heavy atom. The summed E-state index contributed by atoms with van der Waals surface area (Å²) in [7, 11) is 3.87. The molecule has 2 aromatic carbocycles. The zero-order chi connectivity index (χ0) is 19.4. The molecule has 0 radical (unpaired) electrons. The van der Waals surface area contributed by atoms with Crippen LogP contribution in [-0.2, 0) is 6.42 Å². The van der Waals surface area contributed by atoms with Crippen molar-refractivity contribution in [3.8, 4) is 6.07 Å². The highest BCUT2D eigenvalue weighted by Gasteiger charge is 2.20. The summed E-state index contributed by atoms with van der Waals surface area (Å²) in [6.07, 6.45) is 2.81. The first-order chi connectivity index (χ1) is 13.0. The first-order valence-electron chi connectivity index (χ1n) is 8.86. The first kappa shape index (κ1) is 18.9. The van der Waals surface area contributed by atoms with Gasteiger partial charge in [-0.05, 0) is 48.3 Å². The average Bonchev–Trinajstić information content (AvgIpc) is 2.68. The summed E-state index contributed by atoms with van der Waals surface area (Å²) in [6, 6.07) is 18.2. The lowest BCUT2D eigenvalue weighted by Gasteiger charge is -2.28. The minimum Gasteiger partial charge on any atom is -0.373 e. The van der Waals surface area contributed by atoms with Gasteiger partial charge in [0.1, 0.15) is 0 Å². The summed E-state index contributed by atoms with van der Waals surface area (Å²) in [5, 5.41) is 9.74. The van der Waals surface area contributed by atoms with Crippen LogP contribution in [0.2, 0.25) is 0 Å². The molecule has 0 fully saturated rings. The van der Waals surface area contributed by atoms with Crippen molar-refractivity contribution >= 4 is 17.3 Å². The maximum absolute atomic E-state index is 8.98. The molecule has 3 rings (SSSR count). The lowest BCUT2D eigenvalue weighted by molar-refractivity contribution is 0.453. The van der Waals surface area contributed by atoms with E-state index in [9.17, 15) is 0 Å². The molecule has 0 saturated carbocycles. The van der Waals surface area contributed by atoms with E-state index in [1.165, 1.54) is 11.1 Å². The van der Waals surface area contributed by atoms with Gasteiger partial charge in [0.2, 0.25) is 0 Å². The van der Waals surface area contributed by atoms with Gasteiger partial charge in [-0.25, -0.2) is 0 Å². The number of rotatable bonds is 4. The molecule has 1 aliphatic rings. The van der Waals surface area contributed by atoms with Crippen molar-refractivity contribution in [1.82, 2.24) is 4.90 Å². The molecule has 0 bridgehead atoms. The maximum Gasteiger partial charge on any atom is 0.0991 e. The first-order valence-corrected chi connectivity index (χ1v) is 9.24. The maximum atomic E-state index is 8.98. The van der Waals surface area contributed by atoms with Crippen LogP contribution in [0.5, 0.6) is 0 Å². The van der Waals surface area contributed by atoms with Gasteiger partial charge in [0.25, 0.3) is 0 Å². The van der Waals surface area contributed by atoms with Gasteiger partial charge in [0, 0.05) is 31.9 Å². The Hall–Kier alpha value is -2.83. The van der Waals surface area contributed by atoms with Crippen LogP contribution in [0.15, 0.2) is 75.9 Å². The second-order valence-corrected chi connectivity index (χ2v) is 7.08. The van der Waals surface area contributed by atoms with E-state index in [0.29, 0.717) is 5.56 Å². The topological polar surface area (TPSA) is 39.4 Å². The third-order valence-corrected chi connectivity index (χ3v) is 5.29. The molecule has 0 amide bonds. The highest BCUT2D eigenvalue weighted by atomic mass is 35.5. The second-order valence-electron chi connectivity index (χ2n) is 6.67. The Morgan fingerprint density at radius 2 is 1.89 bits per heavy atom. The molecule has 0 N–H and O–H groups in total. The van der Waals surface area contributed by atoms with Crippen LogP contribution in [-0.4, -0.2) is 31.3 Å². The highest BCUT2D eigenvalue weighted by Crippen LogP contribution is 2.26. The number of aliphatic imine (C=N–C) groups is 1. The number of likely N-dealkylation sites (N-methyl/N-ethyl adjacent to an activating group) is 1. The Morgan fingerprint density at radius 3 is 2.52 bits per heavy atom. The number of allylic oxidation sites excluding steroid dienone is 3. The van der Waals surface area contributed by atoms with Crippen LogP contribution < -0.4 is 0 Å². The quantitative estimate of drug-likeness (QED) is 0.712. The van der Waals surface area contributed by atoms with Crippen LogP contribution in [0.3, 0.4) is 0 Å². The van der Waals surface area contributed by atoms with Crippen molar-refractivity contribution < 1.29 is 0 Å². The van der Waals surface area contributed by atoms with Crippen molar-refractivity contribution in [3.05, 3.63) is 93.2 Å². The predicted molar refractivity (Wildman–Crippen MR) is 112 cm³/mol. The summed E-state index contributed by atoms with van der Waals surface area (Å²) in [4.78, 5) is 6.75. The second kappa shape index (κ2) is 8.24. The van der Waals surface area contributed by atoms with Crippen molar-refractivity contribution in [1.29, 1.82) is 5.26 Å². The molecule has 0 saturated heterocycles. The fraction of sp³-hybridized carbons (Fsp3) is 0.217. The number of nitrogens with zero attached hydrogens (tertiary/aromatic N) is 3. The summed E-state index contributed by atoms with van der Waals surface area (Å²) < 4.78 is 0. The van der Waals surface area contributed by atoms with Crippen LogP contribution in [0.1, 0.15) is 29.2 Å². The standard InChI is InChI=1S/C23H22ClN3/c1-16-22(24)13-20(15-27(16)3)23(26-2)21-7-5-4-6-19(21)12-17-8-10-18(14-25)11-9-17/h4-11,13H,12,15H2,1-3H3. The van der Waals surface area contributed by atoms with Gasteiger partial charge < -0.3 is 4.90 Å². The Balaban J connectivity index is 1.97. The van der Waals surface area contributed by atoms with Crippen LogP contribution in [0.25, 0.3) is 0 Å². The molecule has 0 spiro atoms. The summed E-state index contributed by atoms with van der Waals surface area (Å²) in [5.41, 5.74) is 7.32. The number of hydrogen-bond donors (Lipinski definition) is 0. The molecule has 1 aliphatic heterocycles. The minimum atomic E-state index is 0.676. The van der Waals surface area contributed by atoms with Crippen molar-refractivity contribution in [2.75, 3.05) is 20.6 Å². The third-order valence-electron chi connectivity index (χ3n) is 4.90. The highest BCUT2D eigenvalue weighted by molar-refractivity contribution is 6.32. The summed E-state index contributed by atoms with van der Waals surface area (Å²) >= 11 is 6.42. The average molecular weight is 376 g/mol. The van der Waals surface area contributed by atoms with E-state index in [-0.39, 0.29) is 0 Å². The lowest BCUT2D eigenvalue weighted by Crippen LogP contribution is -2.27. The zero-order valence-corrected chi connectivity index (χ0v) is 16.6. The van der Waals surface area contributed by atoms with Crippen LogP contribution in [0.4, 0.5) is 0 Å². The van der Waals surface area contributed by atoms with Gasteiger partial charge in [-0.2, -0.15) is 5.26 Å². The van der Waals surface area contributed by atoms with E-state index < -0.39 is 0 Å². The van der Waals surface area contributed by atoms with Gasteiger partial charge in [0.05, 0.1) is 22.4 Å². The van der Waals surface area contributed by atoms with E-state index in [1.54, 1.807) is 0 Å². The molecule has 0 unspecified atom stereocenters. The van der Waals surface area contributed by atoms with Gasteiger partial charge in [0.15, 0.2) is 0 Å². The Bertz CT molecular complexity index is 975. The molecule has 2 aromatic rings. The van der Waals surface area contributed by atoms with Crippen molar-refractivity contribution in [2.45, 2.75) is 13.3 Å². The molecule has 4 heteroatoms. The van der Waals surface area contributed by atoms with Crippen LogP contribution in [0, 0.1) is 11.3 Å². The van der Waals surface area contributed by atoms with Gasteiger partial charge in [-0.1, -0.05) is 48.0 Å². The molecule has 0 aliphatic carbocycles. The summed E-state index contributed by atoms with van der Waals surface area (Å²) in [6.45, 7) is 2.80. The molecular weight excluding hydrogens is 354 g/mol. The molecular formula is C23H22ClN3. The minimum absolute atomic E-state index is 0.676. The van der Waals surface area contributed by atoms with Gasteiger partial charge >= 0.3 is 0 Å². The smallest absolute Gasteiger partial charge is 0.0991 e. The van der Waals surface area contributed by atoms with Crippen molar-refractivity contribution in [2.24, 2.45) is 4.99 Å². The molecule has 1 heterocycles. The molecule has 3 nitrogen and oxygen atoms in total. The predicted octanol–water partition coefficient (Wildman–Crippen LogP) is 4.91. The lowest BCUT2D eigenvalue weighted by atomic mass is 9.92. The number of benzene rings is 2. The molecule has 136 valence electrons. The third kappa shape index (κ3) is 4.13. The number of halogens is 1. The molecule has 0 aromatic heterocycles. The van der Waals surface area contributed by atoms with E-state index in [4.69, 9.17) is 16.9 Å². The normalized spacial score (nSPS) is 14.9. The van der Waals surface area contributed by atoms with Gasteiger partial charge in [-0.3, -0.25) is 4.99 Å². The monoisotopic (exact) mass is 375 g/mol. The van der Waals surface area contributed by atoms with E-state index in [1.807, 2.05) is 63.5 Å².